The zero-order valence-corrected chi connectivity index (χ0v) is 20.8. The van der Waals surface area contributed by atoms with E-state index in [1.807, 2.05) is 0 Å². The first-order valence-electron chi connectivity index (χ1n) is 12.5. The maximum atomic E-state index is 14.7. The molecule has 0 spiro atoms. The molecule has 1 aliphatic rings. The van der Waals surface area contributed by atoms with Crippen molar-refractivity contribution in [3.8, 4) is 5.75 Å². The van der Waals surface area contributed by atoms with Crippen molar-refractivity contribution in [2.24, 2.45) is 5.41 Å². The summed E-state index contributed by atoms with van der Waals surface area (Å²) in [6.45, 7) is 1.95. The van der Waals surface area contributed by atoms with Crippen molar-refractivity contribution in [3.05, 3.63) is 70.9 Å². The van der Waals surface area contributed by atoms with Gasteiger partial charge in [0.2, 0.25) is 0 Å². The molecule has 1 atom stereocenters. The molecule has 37 heavy (non-hydrogen) atoms. The Labute approximate surface area is 213 Å². The van der Waals surface area contributed by atoms with Crippen molar-refractivity contribution in [1.29, 1.82) is 0 Å². The molecule has 1 saturated heterocycles. The highest BCUT2D eigenvalue weighted by Crippen LogP contribution is 2.39. The molecule has 4 rings (SSSR count). The van der Waals surface area contributed by atoms with Gasteiger partial charge in [-0.05, 0) is 81.8 Å². The van der Waals surface area contributed by atoms with Gasteiger partial charge in [-0.3, -0.25) is 4.98 Å². The van der Waals surface area contributed by atoms with Crippen LogP contribution < -0.4 is 4.74 Å². The summed E-state index contributed by atoms with van der Waals surface area (Å²) in [5, 5.41) is 21.7. The summed E-state index contributed by atoms with van der Waals surface area (Å²) in [4.78, 5) is 6.27. The normalized spacial score (nSPS) is 16.7. The van der Waals surface area contributed by atoms with E-state index in [1.165, 1.54) is 7.11 Å². The number of piperidine rings is 1. The molecular weight excluding hydrogens is 488 g/mol. The third-order valence-corrected chi connectivity index (χ3v) is 7.61. The number of likely N-dealkylation sites (tertiary alicyclic amines) is 1. The number of fused-ring (bicyclic) bond motifs is 1. The smallest absolute Gasteiger partial charge is 0.147 e. The number of rotatable bonds is 10. The fourth-order valence-electron chi connectivity index (χ4n) is 5.25. The number of aliphatic hydroxyl groups excluding tert-OH is 2. The highest BCUT2D eigenvalue weighted by molar-refractivity contribution is 5.84. The number of methoxy groups -OCH3 is 1. The second-order valence-electron chi connectivity index (χ2n) is 9.91. The molecule has 0 amide bonds. The van der Waals surface area contributed by atoms with Crippen molar-refractivity contribution in [2.75, 3.05) is 33.4 Å². The Morgan fingerprint density at radius 3 is 2.41 bits per heavy atom. The first kappa shape index (κ1) is 27.3. The van der Waals surface area contributed by atoms with Crippen LogP contribution in [0.15, 0.2) is 36.5 Å². The summed E-state index contributed by atoms with van der Waals surface area (Å²) in [6, 6.07) is 6.49. The minimum atomic E-state index is -1.07. The van der Waals surface area contributed by atoms with Crippen LogP contribution in [0.5, 0.6) is 5.75 Å². The van der Waals surface area contributed by atoms with Crippen LogP contribution in [0.25, 0.3) is 10.9 Å². The topological polar surface area (TPSA) is 65.8 Å². The lowest BCUT2D eigenvalue weighted by Crippen LogP contribution is -2.42. The summed E-state index contributed by atoms with van der Waals surface area (Å²) in [5.74, 6) is -2.72. The summed E-state index contributed by atoms with van der Waals surface area (Å²) < 4.78 is 60.8. The van der Waals surface area contributed by atoms with Crippen LogP contribution in [-0.4, -0.2) is 53.4 Å². The van der Waals surface area contributed by atoms with Crippen LogP contribution in [0, 0.1) is 28.7 Å². The number of pyridine rings is 1. The first-order valence-corrected chi connectivity index (χ1v) is 12.5. The minimum Gasteiger partial charge on any atom is -0.497 e. The molecule has 9 heteroatoms. The van der Waals surface area contributed by atoms with E-state index < -0.39 is 34.8 Å². The lowest BCUT2D eigenvalue weighted by Gasteiger charge is -2.41. The molecular formula is C28H32F4N2O3. The number of ether oxygens (including phenoxy) is 1. The van der Waals surface area contributed by atoms with E-state index in [4.69, 9.17) is 4.74 Å². The lowest BCUT2D eigenvalue weighted by molar-refractivity contribution is 0.0230. The molecule has 0 aliphatic carbocycles. The number of aromatic nitrogens is 1. The molecule has 3 aromatic rings. The average molecular weight is 521 g/mol. The van der Waals surface area contributed by atoms with Gasteiger partial charge < -0.3 is 19.8 Å². The van der Waals surface area contributed by atoms with Crippen molar-refractivity contribution in [3.63, 3.8) is 0 Å². The largest absolute Gasteiger partial charge is 0.497 e. The Kier molecular flexibility index (Phi) is 8.67. The minimum absolute atomic E-state index is 0.0487. The maximum absolute atomic E-state index is 14.7. The Hall–Kier alpha value is -2.75. The van der Waals surface area contributed by atoms with E-state index in [-0.39, 0.29) is 30.6 Å². The summed E-state index contributed by atoms with van der Waals surface area (Å²) in [5.41, 5.74) is 0.228. The molecule has 0 unspecified atom stereocenters. The molecule has 0 radical (unpaired) electrons. The standard InChI is InChI=1S/C28H32F4N2O3/c1-37-19-4-5-25-21(15-19)27(24(32)16-33-25)26(36)6-7-28(17-35)8-11-34(12-9-28)10-2-3-20-22(30)13-18(29)14-23(20)31/h4-5,13-16,26,35-36H,2-3,6-12,17H2,1H3/t26-/m0/s1. The fourth-order valence-corrected chi connectivity index (χ4v) is 5.25. The van der Waals surface area contributed by atoms with E-state index >= 15 is 0 Å². The van der Waals surface area contributed by atoms with E-state index in [0.29, 0.717) is 74.1 Å². The molecule has 0 bridgehead atoms. The Morgan fingerprint density at radius 2 is 1.76 bits per heavy atom. The van der Waals surface area contributed by atoms with Gasteiger partial charge in [0.1, 0.15) is 29.0 Å². The first-order chi connectivity index (χ1) is 17.7. The average Bonchev–Trinajstić information content (AvgIpc) is 2.89. The van der Waals surface area contributed by atoms with E-state index in [2.05, 4.69) is 9.88 Å². The molecule has 0 saturated carbocycles. The Balaban J connectivity index is 1.33. The van der Waals surface area contributed by atoms with Gasteiger partial charge in [0.05, 0.1) is 24.9 Å². The fraction of sp³-hybridized carbons (Fsp3) is 0.464. The molecule has 2 N–H and O–H groups in total. The zero-order chi connectivity index (χ0) is 26.6. The molecule has 1 aliphatic heterocycles. The van der Waals surface area contributed by atoms with E-state index in [9.17, 15) is 27.8 Å². The number of hydrogen-bond acceptors (Lipinski definition) is 5. The van der Waals surface area contributed by atoms with Crippen molar-refractivity contribution < 1.29 is 32.5 Å². The van der Waals surface area contributed by atoms with Crippen molar-refractivity contribution >= 4 is 10.9 Å². The third kappa shape index (κ3) is 6.22. The predicted molar refractivity (Wildman–Crippen MR) is 132 cm³/mol. The van der Waals surface area contributed by atoms with E-state index in [1.54, 1.807) is 18.2 Å². The van der Waals surface area contributed by atoms with Crippen LogP contribution in [0.2, 0.25) is 0 Å². The monoisotopic (exact) mass is 520 g/mol. The van der Waals surface area contributed by atoms with Crippen LogP contribution in [-0.2, 0) is 6.42 Å². The molecule has 2 heterocycles. The summed E-state index contributed by atoms with van der Waals surface area (Å²) in [6.07, 6.45) is 2.88. The lowest BCUT2D eigenvalue weighted by atomic mass is 9.74. The number of benzene rings is 2. The van der Waals surface area contributed by atoms with Crippen LogP contribution in [0.3, 0.4) is 0 Å². The second kappa shape index (κ2) is 11.8. The van der Waals surface area contributed by atoms with Crippen molar-refractivity contribution in [2.45, 2.75) is 44.6 Å². The third-order valence-electron chi connectivity index (χ3n) is 7.61. The molecule has 1 aromatic heterocycles. The maximum Gasteiger partial charge on any atom is 0.147 e. The van der Waals surface area contributed by atoms with Gasteiger partial charge in [0, 0.05) is 35.3 Å². The van der Waals surface area contributed by atoms with Gasteiger partial charge in [-0.15, -0.1) is 0 Å². The van der Waals surface area contributed by atoms with Crippen LogP contribution >= 0.6 is 0 Å². The SMILES string of the molecule is COc1ccc2ncc(F)c([C@@H](O)CCC3(CO)CCN(CCCc4c(F)cc(F)cc4F)CC3)c2c1. The predicted octanol–water partition coefficient (Wildman–Crippen LogP) is 5.32. The molecule has 200 valence electrons. The highest BCUT2D eigenvalue weighted by atomic mass is 19.1. The van der Waals surface area contributed by atoms with Crippen molar-refractivity contribution in [1.82, 2.24) is 9.88 Å². The Morgan fingerprint density at radius 1 is 1.05 bits per heavy atom. The van der Waals surface area contributed by atoms with Gasteiger partial charge >= 0.3 is 0 Å². The number of aliphatic hydroxyl groups is 2. The Bertz CT molecular complexity index is 1210. The van der Waals surface area contributed by atoms with Gasteiger partial charge in [0.25, 0.3) is 0 Å². The molecule has 5 nitrogen and oxygen atoms in total. The highest BCUT2D eigenvalue weighted by Gasteiger charge is 2.34. The molecule has 2 aromatic carbocycles. The molecule has 1 fully saturated rings. The number of halogens is 4. The van der Waals surface area contributed by atoms with Gasteiger partial charge in [-0.1, -0.05) is 0 Å². The van der Waals surface area contributed by atoms with E-state index in [0.717, 1.165) is 6.20 Å². The van der Waals surface area contributed by atoms with Crippen LogP contribution in [0.4, 0.5) is 17.6 Å². The van der Waals surface area contributed by atoms with Crippen LogP contribution in [0.1, 0.15) is 49.3 Å². The van der Waals surface area contributed by atoms with Gasteiger partial charge in [0.15, 0.2) is 0 Å². The van der Waals surface area contributed by atoms with Gasteiger partial charge in [-0.2, -0.15) is 0 Å². The summed E-state index contributed by atoms with van der Waals surface area (Å²) >= 11 is 0. The summed E-state index contributed by atoms with van der Waals surface area (Å²) in [7, 11) is 1.51. The zero-order valence-electron chi connectivity index (χ0n) is 20.8. The van der Waals surface area contributed by atoms with Gasteiger partial charge in [-0.25, -0.2) is 17.6 Å². The number of hydrogen-bond donors (Lipinski definition) is 2. The number of nitrogens with zero attached hydrogens (tertiary/aromatic N) is 2. The quantitative estimate of drug-likeness (QED) is 0.354. The second-order valence-corrected chi connectivity index (χ2v) is 9.91.